The van der Waals surface area contributed by atoms with Gasteiger partial charge in [-0.2, -0.15) is 9.41 Å². The average Bonchev–Trinajstić information content (AvgIpc) is 3.60. The lowest BCUT2D eigenvalue weighted by Crippen LogP contribution is -2.36. The standard InChI is InChI=1S/C28H19ClF2N6O/c29-22-9-11-26(36-16-32-34-35-36)27(28(22)31)19-7-10-25(37(38)15-19)21(12-17-4-2-1-3-5-17)24-13-18-6-8-20(30)14-23(18)33-24/h1-11,14-16,21H,12-13H2/t21-/m1/s1. The summed E-state index contributed by atoms with van der Waals surface area (Å²) >= 11 is 6.09. The molecule has 0 unspecified atom stereocenters. The summed E-state index contributed by atoms with van der Waals surface area (Å²) in [5, 5.41) is 24.5. The molecule has 0 aliphatic carbocycles. The molecule has 0 saturated carbocycles. The first-order valence-electron chi connectivity index (χ1n) is 11.8. The van der Waals surface area contributed by atoms with E-state index in [0.717, 1.165) is 21.6 Å². The molecule has 0 amide bonds. The fraction of sp³-hybridized carbons (Fsp3) is 0.107. The molecule has 0 bridgehead atoms. The molecule has 1 aliphatic heterocycles. The van der Waals surface area contributed by atoms with Crippen LogP contribution in [-0.4, -0.2) is 25.9 Å². The second-order valence-corrected chi connectivity index (χ2v) is 9.38. The van der Waals surface area contributed by atoms with Crippen LogP contribution in [0.25, 0.3) is 16.8 Å². The predicted molar refractivity (Wildman–Crippen MR) is 139 cm³/mol. The lowest BCUT2D eigenvalue weighted by molar-refractivity contribution is -0.614. The second kappa shape index (κ2) is 9.75. The Morgan fingerprint density at radius 3 is 2.63 bits per heavy atom. The maximum Gasteiger partial charge on any atom is 0.201 e. The van der Waals surface area contributed by atoms with E-state index in [2.05, 4.69) is 15.5 Å². The number of tetrazole rings is 1. The van der Waals surface area contributed by atoms with Gasteiger partial charge in [-0.3, -0.25) is 4.99 Å². The van der Waals surface area contributed by atoms with E-state index in [1.54, 1.807) is 24.3 Å². The van der Waals surface area contributed by atoms with Crippen LogP contribution in [0.5, 0.6) is 0 Å². The number of hydrogen-bond donors (Lipinski definition) is 0. The van der Waals surface area contributed by atoms with Gasteiger partial charge >= 0.3 is 0 Å². The number of aliphatic imine (C=N–C) groups is 1. The van der Waals surface area contributed by atoms with Crippen molar-refractivity contribution >= 4 is 23.0 Å². The summed E-state index contributed by atoms with van der Waals surface area (Å²) in [6.45, 7) is 0. The normalized spacial score (nSPS) is 13.3. The van der Waals surface area contributed by atoms with Crippen LogP contribution in [0, 0.1) is 16.8 Å². The van der Waals surface area contributed by atoms with E-state index in [-0.39, 0.29) is 22.3 Å². The highest BCUT2D eigenvalue weighted by Crippen LogP contribution is 2.36. The van der Waals surface area contributed by atoms with E-state index in [9.17, 15) is 9.60 Å². The molecule has 0 N–H and O–H groups in total. The van der Waals surface area contributed by atoms with Gasteiger partial charge in [0.1, 0.15) is 12.1 Å². The summed E-state index contributed by atoms with van der Waals surface area (Å²) in [5.41, 5.74) is 4.44. The third-order valence-corrected chi connectivity index (χ3v) is 6.92. The number of aromatic nitrogens is 5. The van der Waals surface area contributed by atoms with Crippen molar-refractivity contribution in [3.8, 4) is 16.8 Å². The number of halogens is 3. The maximum atomic E-state index is 15.3. The lowest BCUT2D eigenvalue weighted by Gasteiger charge is -2.18. The molecular weight excluding hydrogens is 510 g/mol. The Morgan fingerprint density at radius 2 is 1.87 bits per heavy atom. The summed E-state index contributed by atoms with van der Waals surface area (Å²) in [6.07, 6.45) is 3.67. The van der Waals surface area contributed by atoms with Gasteiger partial charge < -0.3 is 5.21 Å². The van der Waals surface area contributed by atoms with Crippen LogP contribution in [0.1, 0.15) is 22.7 Å². The van der Waals surface area contributed by atoms with Crippen LogP contribution < -0.4 is 4.73 Å². The number of rotatable bonds is 6. The lowest BCUT2D eigenvalue weighted by atomic mass is 9.88. The van der Waals surface area contributed by atoms with Crippen molar-refractivity contribution in [3.05, 3.63) is 124 Å². The summed E-state index contributed by atoms with van der Waals surface area (Å²) in [6, 6.07) is 20.6. The molecular formula is C28H19ClF2N6O. The van der Waals surface area contributed by atoms with Gasteiger partial charge in [-0.05, 0) is 58.3 Å². The first-order valence-corrected chi connectivity index (χ1v) is 12.2. The van der Waals surface area contributed by atoms with Crippen LogP contribution >= 0.6 is 11.6 Å². The van der Waals surface area contributed by atoms with Crippen LogP contribution in [-0.2, 0) is 12.8 Å². The molecule has 1 aliphatic rings. The van der Waals surface area contributed by atoms with Crippen LogP contribution in [0.4, 0.5) is 14.5 Å². The fourth-order valence-corrected chi connectivity index (χ4v) is 4.97. The molecule has 0 fully saturated rings. The predicted octanol–water partition coefficient (Wildman–Crippen LogP) is 5.55. The third-order valence-electron chi connectivity index (χ3n) is 6.63. The number of pyridine rings is 1. The molecule has 1 atom stereocenters. The molecule has 38 heavy (non-hydrogen) atoms. The van der Waals surface area contributed by atoms with Gasteiger partial charge in [0.05, 0.1) is 33.4 Å². The zero-order valence-corrected chi connectivity index (χ0v) is 20.6. The molecule has 0 radical (unpaired) electrons. The van der Waals surface area contributed by atoms with Gasteiger partial charge in [0, 0.05) is 18.2 Å². The van der Waals surface area contributed by atoms with E-state index in [0.29, 0.717) is 35.5 Å². The molecule has 0 saturated heterocycles. The highest BCUT2D eigenvalue weighted by molar-refractivity contribution is 6.31. The highest BCUT2D eigenvalue weighted by Gasteiger charge is 2.30. The minimum Gasteiger partial charge on any atom is -0.618 e. The fourth-order valence-electron chi connectivity index (χ4n) is 4.81. The SMILES string of the molecule is [O-][n+]1cc(-c2c(-n3cnnn3)ccc(Cl)c2F)ccc1[C@H](Cc1ccccc1)C1=Nc2cc(F)ccc2C1. The molecule has 188 valence electrons. The van der Waals surface area contributed by atoms with E-state index in [1.165, 1.54) is 35.4 Å². The quantitative estimate of drug-likeness (QED) is 0.214. The van der Waals surface area contributed by atoms with Crippen molar-refractivity contribution in [2.45, 2.75) is 18.8 Å². The Balaban J connectivity index is 1.44. The monoisotopic (exact) mass is 528 g/mol. The Hall–Kier alpha value is -4.50. The van der Waals surface area contributed by atoms with Crippen molar-refractivity contribution in [2.75, 3.05) is 0 Å². The van der Waals surface area contributed by atoms with Crippen LogP contribution in [0.3, 0.4) is 0 Å². The summed E-state index contributed by atoms with van der Waals surface area (Å²) in [4.78, 5) is 4.70. The van der Waals surface area contributed by atoms with Gasteiger partial charge in [-0.1, -0.05) is 48.0 Å². The van der Waals surface area contributed by atoms with E-state index >= 15 is 4.39 Å². The van der Waals surface area contributed by atoms with Gasteiger partial charge in [0.25, 0.3) is 0 Å². The molecule has 10 heteroatoms. The molecule has 3 aromatic carbocycles. The average molecular weight is 529 g/mol. The van der Waals surface area contributed by atoms with Crippen LogP contribution in [0.2, 0.25) is 5.02 Å². The summed E-state index contributed by atoms with van der Waals surface area (Å²) < 4.78 is 31.2. The molecule has 0 spiro atoms. The van der Waals surface area contributed by atoms with Crippen molar-refractivity contribution in [1.82, 2.24) is 20.2 Å². The first-order chi connectivity index (χ1) is 18.5. The topological polar surface area (TPSA) is 82.9 Å². The summed E-state index contributed by atoms with van der Waals surface area (Å²) in [5.74, 6) is -1.44. The van der Waals surface area contributed by atoms with E-state index < -0.39 is 5.82 Å². The Kier molecular flexibility index (Phi) is 6.13. The maximum absolute atomic E-state index is 15.3. The third kappa shape index (κ3) is 4.41. The van der Waals surface area contributed by atoms with Crippen molar-refractivity contribution in [3.63, 3.8) is 0 Å². The van der Waals surface area contributed by atoms with Gasteiger partial charge in [0.15, 0.2) is 12.0 Å². The largest absolute Gasteiger partial charge is 0.618 e. The molecule has 5 aromatic rings. The van der Waals surface area contributed by atoms with Gasteiger partial charge in [0.2, 0.25) is 5.69 Å². The van der Waals surface area contributed by atoms with Crippen molar-refractivity contribution < 1.29 is 13.5 Å². The molecule has 3 heterocycles. The van der Waals surface area contributed by atoms with Crippen LogP contribution in [0.15, 0.2) is 90.3 Å². The molecule has 2 aromatic heterocycles. The summed E-state index contributed by atoms with van der Waals surface area (Å²) in [7, 11) is 0. The Labute approximate surface area is 221 Å². The van der Waals surface area contributed by atoms with Crippen molar-refractivity contribution in [1.29, 1.82) is 0 Å². The second-order valence-electron chi connectivity index (χ2n) is 8.97. The van der Waals surface area contributed by atoms with Gasteiger partial charge in [-0.25, -0.2) is 8.78 Å². The minimum absolute atomic E-state index is 0.0920. The number of hydrogen-bond acceptors (Lipinski definition) is 5. The van der Waals surface area contributed by atoms with Crippen molar-refractivity contribution in [2.24, 2.45) is 4.99 Å². The zero-order valence-electron chi connectivity index (χ0n) is 19.8. The number of benzene rings is 3. The Bertz CT molecular complexity index is 1680. The highest BCUT2D eigenvalue weighted by atomic mass is 35.5. The number of fused-ring (bicyclic) bond motifs is 1. The molecule has 6 rings (SSSR count). The number of nitrogens with zero attached hydrogens (tertiary/aromatic N) is 6. The van der Waals surface area contributed by atoms with E-state index in [1.807, 2.05) is 30.3 Å². The Morgan fingerprint density at radius 1 is 1.03 bits per heavy atom. The smallest absolute Gasteiger partial charge is 0.201 e. The minimum atomic E-state index is -0.689. The molecule has 7 nitrogen and oxygen atoms in total. The first kappa shape index (κ1) is 23.9. The zero-order chi connectivity index (χ0) is 26.2. The van der Waals surface area contributed by atoms with E-state index in [4.69, 9.17) is 16.6 Å². The van der Waals surface area contributed by atoms with Gasteiger partial charge in [-0.15, -0.1) is 5.10 Å².